The van der Waals surface area contributed by atoms with Crippen molar-refractivity contribution < 1.29 is 4.42 Å². The Morgan fingerprint density at radius 3 is 1.52 bits per heavy atom. The van der Waals surface area contributed by atoms with Crippen LogP contribution in [0.1, 0.15) is 0 Å². The third-order valence-electron chi connectivity index (χ3n) is 9.86. The quantitative estimate of drug-likeness (QED) is 0.188. The van der Waals surface area contributed by atoms with Gasteiger partial charge in [0.05, 0.1) is 5.52 Å². The van der Waals surface area contributed by atoms with Crippen LogP contribution in [0.3, 0.4) is 0 Å². The minimum absolute atomic E-state index is 0.654. The summed E-state index contributed by atoms with van der Waals surface area (Å²) in [5.41, 5.74) is 10.4. The number of nitrogens with zero attached hydrogens (tertiary/aromatic N) is 2. The molecule has 50 heavy (non-hydrogen) atoms. The van der Waals surface area contributed by atoms with Crippen LogP contribution in [0.25, 0.3) is 76.8 Å². The molecular weight excluding hydrogens is 609 g/mol. The first-order chi connectivity index (χ1) is 24.8. The van der Waals surface area contributed by atoms with Crippen molar-refractivity contribution in [1.82, 2.24) is 4.98 Å². The van der Waals surface area contributed by atoms with Gasteiger partial charge in [-0.15, -0.1) is 0 Å². The molecule has 0 N–H and O–H groups in total. The summed E-state index contributed by atoms with van der Waals surface area (Å²) in [6.07, 6.45) is 0. The number of pyridine rings is 1. The second kappa shape index (κ2) is 11.5. The average molecular weight is 639 g/mol. The normalized spacial score (nSPS) is 11.6. The number of para-hydroxylation sites is 1. The van der Waals surface area contributed by atoms with Crippen LogP contribution in [0.15, 0.2) is 186 Å². The molecule has 2 aromatic heterocycles. The Morgan fingerprint density at radius 2 is 0.900 bits per heavy atom. The van der Waals surface area contributed by atoms with E-state index in [1.54, 1.807) is 0 Å². The lowest BCUT2D eigenvalue weighted by atomic mass is 9.97. The summed E-state index contributed by atoms with van der Waals surface area (Å²) in [6, 6.07) is 64.8. The lowest BCUT2D eigenvalue weighted by molar-refractivity contribution is 0.656. The zero-order valence-corrected chi connectivity index (χ0v) is 27.1. The Morgan fingerprint density at radius 1 is 0.380 bits per heavy atom. The van der Waals surface area contributed by atoms with Crippen molar-refractivity contribution in [2.45, 2.75) is 0 Å². The van der Waals surface area contributed by atoms with Gasteiger partial charge >= 0.3 is 0 Å². The second-order valence-corrected chi connectivity index (χ2v) is 12.8. The fourth-order valence-electron chi connectivity index (χ4n) is 7.41. The first-order valence-corrected chi connectivity index (χ1v) is 17.0. The number of hydrogen-bond acceptors (Lipinski definition) is 3. The van der Waals surface area contributed by atoms with Gasteiger partial charge in [0.2, 0.25) is 5.71 Å². The van der Waals surface area contributed by atoms with Gasteiger partial charge in [0, 0.05) is 33.2 Å². The number of anilines is 3. The van der Waals surface area contributed by atoms with Crippen LogP contribution in [-0.2, 0) is 0 Å². The Bertz CT molecular complexity index is 2730. The molecule has 10 rings (SSSR count). The molecule has 0 radical (unpaired) electrons. The van der Waals surface area contributed by atoms with Crippen LogP contribution in [0.4, 0.5) is 17.1 Å². The molecule has 0 bridgehead atoms. The van der Waals surface area contributed by atoms with E-state index >= 15 is 0 Å². The second-order valence-electron chi connectivity index (χ2n) is 12.8. The zero-order valence-electron chi connectivity index (χ0n) is 27.1. The number of furan rings is 1. The van der Waals surface area contributed by atoms with E-state index in [9.17, 15) is 0 Å². The summed E-state index contributed by atoms with van der Waals surface area (Å²) in [6.45, 7) is 0. The van der Waals surface area contributed by atoms with Gasteiger partial charge in [-0.2, -0.15) is 0 Å². The highest BCUT2D eigenvalue weighted by molar-refractivity contribution is 6.08. The summed E-state index contributed by atoms with van der Waals surface area (Å²) in [7, 11) is 0. The van der Waals surface area contributed by atoms with Crippen molar-refractivity contribution in [3.63, 3.8) is 0 Å². The molecular formula is C47H30N2O. The van der Waals surface area contributed by atoms with E-state index in [2.05, 4.69) is 169 Å². The number of aromatic nitrogens is 1. The molecule has 3 heteroatoms. The Kier molecular flexibility index (Phi) is 6.49. The maximum atomic E-state index is 6.18. The zero-order chi connectivity index (χ0) is 33.0. The minimum Gasteiger partial charge on any atom is -0.438 e. The number of rotatable bonds is 5. The van der Waals surface area contributed by atoms with E-state index in [-0.39, 0.29) is 0 Å². The van der Waals surface area contributed by atoms with Gasteiger partial charge in [0.25, 0.3) is 0 Å². The summed E-state index contributed by atoms with van der Waals surface area (Å²) < 4.78 is 6.18. The molecule has 0 fully saturated rings. The molecule has 8 aromatic carbocycles. The van der Waals surface area contributed by atoms with Gasteiger partial charge in [0.1, 0.15) is 5.58 Å². The Hall–Kier alpha value is -6.71. The molecule has 0 saturated carbocycles. The molecule has 0 amide bonds. The van der Waals surface area contributed by atoms with Crippen molar-refractivity contribution in [1.29, 1.82) is 0 Å². The summed E-state index contributed by atoms with van der Waals surface area (Å²) in [5.74, 6) is 0. The monoisotopic (exact) mass is 638 g/mol. The number of hydrogen-bond donors (Lipinski definition) is 0. The highest BCUT2D eigenvalue weighted by atomic mass is 16.3. The van der Waals surface area contributed by atoms with Crippen molar-refractivity contribution in [3.05, 3.63) is 182 Å². The van der Waals surface area contributed by atoms with E-state index in [4.69, 9.17) is 9.40 Å². The highest BCUT2D eigenvalue weighted by Gasteiger charge is 2.16. The maximum absolute atomic E-state index is 6.18. The van der Waals surface area contributed by atoms with Crippen LogP contribution < -0.4 is 4.90 Å². The van der Waals surface area contributed by atoms with E-state index in [1.807, 2.05) is 18.2 Å². The standard InChI is InChI=1S/C47H30N2O/c1-3-13-39-31(9-1)11-7-16-41(39)33-19-24-36(25-20-33)49(37-26-21-34(22-27-37)42-17-8-12-32-10-2-4-14-40(32)42)38-28-23-35-29-44-43-15-5-6-18-46(43)50-47(44)48-45(35)30-38/h1-30H. The van der Waals surface area contributed by atoms with Crippen LogP contribution in [0.5, 0.6) is 0 Å². The van der Waals surface area contributed by atoms with Gasteiger partial charge in [-0.1, -0.05) is 133 Å². The van der Waals surface area contributed by atoms with Gasteiger partial charge in [-0.25, -0.2) is 4.98 Å². The SMILES string of the molecule is c1ccc2c(-c3ccc(N(c4ccc(-c5cccc6ccccc56)cc4)c4ccc5cc6c(nc5c4)oc4ccccc46)cc3)cccc2c1. The predicted molar refractivity (Wildman–Crippen MR) is 210 cm³/mol. The van der Waals surface area contributed by atoms with Gasteiger partial charge in [-0.05, 0) is 92.3 Å². The van der Waals surface area contributed by atoms with Crippen molar-refractivity contribution in [3.8, 4) is 22.3 Å². The lowest BCUT2D eigenvalue weighted by Gasteiger charge is -2.26. The molecule has 0 atom stereocenters. The van der Waals surface area contributed by atoms with E-state index in [0.29, 0.717) is 5.71 Å². The molecule has 234 valence electrons. The summed E-state index contributed by atoms with van der Waals surface area (Å²) >= 11 is 0. The molecule has 0 aliphatic rings. The van der Waals surface area contributed by atoms with E-state index in [0.717, 1.165) is 44.3 Å². The van der Waals surface area contributed by atoms with Crippen LogP contribution >= 0.6 is 0 Å². The summed E-state index contributed by atoms with van der Waals surface area (Å²) in [5, 5.41) is 8.17. The van der Waals surface area contributed by atoms with Crippen LogP contribution in [-0.4, -0.2) is 4.98 Å². The van der Waals surface area contributed by atoms with Crippen LogP contribution in [0, 0.1) is 0 Å². The molecule has 10 aromatic rings. The van der Waals surface area contributed by atoms with E-state index in [1.165, 1.54) is 43.8 Å². The maximum Gasteiger partial charge on any atom is 0.227 e. The molecule has 0 aliphatic carbocycles. The topological polar surface area (TPSA) is 29.3 Å². The fourth-order valence-corrected chi connectivity index (χ4v) is 7.41. The Balaban J connectivity index is 1.10. The third kappa shape index (κ3) is 4.71. The fraction of sp³-hybridized carbons (Fsp3) is 0. The third-order valence-corrected chi connectivity index (χ3v) is 9.86. The minimum atomic E-state index is 0.654. The molecule has 2 heterocycles. The van der Waals surface area contributed by atoms with Gasteiger partial charge < -0.3 is 9.32 Å². The lowest BCUT2D eigenvalue weighted by Crippen LogP contribution is -2.10. The highest BCUT2D eigenvalue weighted by Crippen LogP contribution is 2.40. The average Bonchev–Trinajstić information content (AvgIpc) is 3.54. The molecule has 0 saturated heterocycles. The van der Waals surface area contributed by atoms with E-state index < -0.39 is 0 Å². The van der Waals surface area contributed by atoms with Crippen molar-refractivity contribution in [2.75, 3.05) is 4.90 Å². The first kappa shape index (κ1) is 28.3. The smallest absolute Gasteiger partial charge is 0.227 e. The first-order valence-electron chi connectivity index (χ1n) is 17.0. The predicted octanol–water partition coefficient (Wildman–Crippen LogP) is 13.2. The molecule has 0 aliphatic heterocycles. The van der Waals surface area contributed by atoms with Crippen molar-refractivity contribution in [2.24, 2.45) is 0 Å². The van der Waals surface area contributed by atoms with Crippen LogP contribution in [0.2, 0.25) is 0 Å². The largest absolute Gasteiger partial charge is 0.438 e. The van der Waals surface area contributed by atoms with Gasteiger partial charge in [0.15, 0.2) is 0 Å². The number of benzene rings is 8. The Labute approximate surface area is 289 Å². The van der Waals surface area contributed by atoms with Crippen molar-refractivity contribution >= 4 is 71.6 Å². The molecule has 0 unspecified atom stereocenters. The molecule has 3 nitrogen and oxygen atoms in total. The summed E-state index contributed by atoms with van der Waals surface area (Å²) in [4.78, 5) is 7.33. The molecule has 0 spiro atoms. The number of fused-ring (bicyclic) bond motifs is 6. The van der Waals surface area contributed by atoms with Gasteiger partial charge in [-0.3, -0.25) is 0 Å².